The molecule has 44 heavy (non-hydrogen) atoms. The fourth-order valence-corrected chi connectivity index (χ4v) is 5.89. The van der Waals surface area contributed by atoms with Crippen LogP contribution >= 0.6 is 0 Å². The number of aliphatic imine (C=N–C) groups is 1. The smallest absolute Gasteiger partial charge is 0.369 e. The Morgan fingerprint density at radius 2 is 1.41 bits per heavy atom. The first-order valence-corrected chi connectivity index (χ1v) is 14.1. The van der Waals surface area contributed by atoms with Crippen molar-refractivity contribution in [3.8, 4) is 11.3 Å². The van der Waals surface area contributed by atoms with Gasteiger partial charge in [-0.15, -0.1) is 0 Å². The average Bonchev–Trinajstić information content (AvgIpc) is 3.01. The number of aromatic nitrogens is 1. The third-order valence-corrected chi connectivity index (χ3v) is 8.22. The van der Waals surface area contributed by atoms with E-state index in [1.165, 1.54) is 36.4 Å². The van der Waals surface area contributed by atoms with E-state index in [4.69, 9.17) is 11.5 Å². The number of nitrogens with zero attached hydrogens (tertiary/aromatic N) is 5. The molecule has 0 amide bonds. The monoisotopic (exact) mass is 607 g/mol. The van der Waals surface area contributed by atoms with E-state index >= 15 is 0 Å². The van der Waals surface area contributed by atoms with Crippen molar-refractivity contribution < 1.29 is 22.0 Å². The van der Waals surface area contributed by atoms with E-state index in [9.17, 15) is 22.0 Å². The fourth-order valence-electron chi connectivity index (χ4n) is 5.89. The molecule has 6 rings (SSSR count). The number of halogens is 5. The second kappa shape index (κ2) is 11.5. The van der Waals surface area contributed by atoms with E-state index in [0.717, 1.165) is 17.2 Å². The van der Waals surface area contributed by atoms with Crippen molar-refractivity contribution >= 4 is 17.5 Å². The first-order valence-electron chi connectivity index (χ1n) is 14.1. The lowest BCUT2D eigenvalue weighted by Gasteiger charge is -2.41. The molecular formula is C32H30F5N7. The third kappa shape index (κ3) is 5.58. The Balaban J connectivity index is 1.35. The summed E-state index contributed by atoms with van der Waals surface area (Å²) in [6.07, 6.45) is -5.27. The molecule has 1 saturated heterocycles. The summed E-state index contributed by atoms with van der Waals surface area (Å²) in [5.74, 6) is -0.440. The van der Waals surface area contributed by atoms with Crippen molar-refractivity contribution in [2.45, 2.75) is 18.4 Å². The minimum atomic E-state index is -4.64. The normalized spacial score (nSPS) is 17.5. The standard InChI is InChI=1S/C32H30F5N7/c1-42-29(38)23-13-14-25(40-30(23)41-31(42)39)27-24(32(35,36)37)3-2-4-26(27)43-15-17-44(18-16-43)28(19-5-9-21(33)10-6-19)20-7-11-22(34)12-8-20/h2-14,28-29H,15-18,38H2,1H3,(H2,39,40,41). The highest BCUT2D eigenvalue weighted by Gasteiger charge is 2.37. The Morgan fingerprint density at radius 1 is 0.818 bits per heavy atom. The molecule has 4 N–H and O–H groups in total. The zero-order chi connectivity index (χ0) is 31.2. The molecule has 0 aliphatic carbocycles. The molecule has 1 aromatic heterocycles. The van der Waals surface area contributed by atoms with Crippen LogP contribution in [-0.4, -0.2) is 54.0 Å². The number of pyridine rings is 1. The van der Waals surface area contributed by atoms with Gasteiger partial charge in [0, 0.05) is 50.0 Å². The van der Waals surface area contributed by atoms with Crippen LogP contribution in [0, 0.1) is 11.6 Å². The molecule has 0 radical (unpaired) electrons. The number of alkyl halides is 3. The quantitative estimate of drug-likeness (QED) is 0.279. The number of piperazine rings is 1. The van der Waals surface area contributed by atoms with Crippen LogP contribution in [0.2, 0.25) is 0 Å². The summed E-state index contributed by atoms with van der Waals surface area (Å²) in [5.41, 5.74) is 14.1. The molecule has 7 nitrogen and oxygen atoms in total. The van der Waals surface area contributed by atoms with Crippen molar-refractivity contribution in [1.29, 1.82) is 0 Å². The van der Waals surface area contributed by atoms with Gasteiger partial charge in [0.15, 0.2) is 11.8 Å². The van der Waals surface area contributed by atoms with Gasteiger partial charge in [-0.2, -0.15) is 18.2 Å². The van der Waals surface area contributed by atoms with Gasteiger partial charge in [0.25, 0.3) is 0 Å². The molecule has 0 spiro atoms. The van der Waals surface area contributed by atoms with Crippen LogP contribution in [0.5, 0.6) is 0 Å². The van der Waals surface area contributed by atoms with Crippen molar-refractivity contribution in [2.75, 3.05) is 38.1 Å². The van der Waals surface area contributed by atoms with Crippen molar-refractivity contribution in [3.63, 3.8) is 0 Å². The number of hydrogen-bond acceptors (Lipinski definition) is 7. The summed E-state index contributed by atoms with van der Waals surface area (Å²) in [7, 11) is 1.67. The topological polar surface area (TPSA) is 87.0 Å². The Kier molecular flexibility index (Phi) is 7.72. The summed E-state index contributed by atoms with van der Waals surface area (Å²) >= 11 is 0. The van der Waals surface area contributed by atoms with Gasteiger partial charge >= 0.3 is 6.18 Å². The number of nitrogens with two attached hydrogens (primary N) is 2. The maximum atomic E-state index is 14.4. The van der Waals surface area contributed by atoms with Gasteiger partial charge in [0.1, 0.15) is 17.8 Å². The molecule has 1 atom stereocenters. The minimum Gasteiger partial charge on any atom is -0.369 e. The molecule has 2 aliphatic heterocycles. The summed E-state index contributed by atoms with van der Waals surface area (Å²) in [4.78, 5) is 14.4. The maximum Gasteiger partial charge on any atom is 0.417 e. The Bertz CT molecular complexity index is 1640. The highest BCUT2D eigenvalue weighted by atomic mass is 19.4. The molecule has 0 bridgehead atoms. The lowest BCUT2D eigenvalue weighted by atomic mass is 9.95. The minimum absolute atomic E-state index is 0.0499. The molecule has 1 unspecified atom stereocenters. The van der Waals surface area contributed by atoms with Gasteiger partial charge in [-0.05, 0) is 59.7 Å². The SMILES string of the molecule is CN1C(N)=Nc2nc(-c3c(N4CCN(C(c5ccc(F)cc5)c5ccc(F)cc5)CC4)cccc3C(F)(F)F)ccc2C1N. The second-order valence-electron chi connectivity index (χ2n) is 10.9. The average molecular weight is 608 g/mol. The number of rotatable bonds is 5. The zero-order valence-corrected chi connectivity index (χ0v) is 23.8. The molecule has 2 aliphatic rings. The lowest BCUT2D eigenvalue weighted by Crippen LogP contribution is -2.48. The van der Waals surface area contributed by atoms with Crippen LogP contribution in [0.1, 0.15) is 34.5 Å². The van der Waals surface area contributed by atoms with Gasteiger partial charge in [-0.3, -0.25) is 4.90 Å². The Labute approximate surface area is 251 Å². The van der Waals surface area contributed by atoms with Gasteiger partial charge < -0.3 is 21.3 Å². The summed E-state index contributed by atoms with van der Waals surface area (Å²) in [6, 6.07) is 19.3. The van der Waals surface area contributed by atoms with Gasteiger partial charge in [-0.1, -0.05) is 30.3 Å². The number of guanidine groups is 1. The first-order chi connectivity index (χ1) is 21.0. The molecule has 12 heteroatoms. The van der Waals surface area contributed by atoms with E-state index in [1.54, 1.807) is 48.3 Å². The van der Waals surface area contributed by atoms with E-state index in [-0.39, 0.29) is 40.7 Å². The van der Waals surface area contributed by atoms with E-state index < -0.39 is 17.9 Å². The number of hydrogen-bond donors (Lipinski definition) is 2. The highest BCUT2D eigenvalue weighted by Crippen LogP contribution is 2.44. The Morgan fingerprint density at radius 3 is 1.98 bits per heavy atom. The molecule has 1 fully saturated rings. The predicted octanol–water partition coefficient (Wildman–Crippen LogP) is 5.81. The van der Waals surface area contributed by atoms with Gasteiger partial charge in [-0.25, -0.2) is 13.8 Å². The largest absolute Gasteiger partial charge is 0.417 e. The van der Waals surface area contributed by atoms with E-state index in [1.807, 2.05) is 4.90 Å². The molecule has 0 saturated carbocycles. The maximum absolute atomic E-state index is 14.4. The number of anilines is 1. The van der Waals surface area contributed by atoms with Crippen LogP contribution < -0.4 is 16.4 Å². The van der Waals surface area contributed by atoms with Crippen LogP contribution in [0.25, 0.3) is 11.3 Å². The fraction of sp³-hybridized carbons (Fsp3) is 0.250. The first kappa shape index (κ1) is 29.5. The molecule has 4 aromatic rings. The summed E-state index contributed by atoms with van der Waals surface area (Å²) < 4.78 is 70.7. The molecule has 3 aromatic carbocycles. The van der Waals surface area contributed by atoms with E-state index in [2.05, 4.69) is 14.9 Å². The summed E-state index contributed by atoms with van der Waals surface area (Å²) in [6.45, 7) is 1.77. The van der Waals surface area contributed by atoms with E-state index in [0.29, 0.717) is 37.4 Å². The Hall–Kier alpha value is -4.55. The van der Waals surface area contributed by atoms with Crippen LogP contribution in [0.3, 0.4) is 0 Å². The van der Waals surface area contributed by atoms with Crippen molar-refractivity contribution in [2.24, 2.45) is 16.5 Å². The van der Waals surface area contributed by atoms with Crippen molar-refractivity contribution in [1.82, 2.24) is 14.8 Å². The third-order valence-electron chi connectivity index (χ3n) is 8.22. The second-order valence-corrected chi connectivity index (χ2v) is 10.9. The molecule has 228 valence electrons. The zero-order valence-electron chi connectivity index (χ0n) is 23.8. The predicted molar refractivity (Wildman–Crippen MR) is 159 cm³/mol. The summed E-state index contributed by atoms with van der Waals surface area (Å²) in [5, 5.41) is 0. The van der Waals surface area contributed by atoms with Crippen LogP contribution in [0.4, 0.5) is 33.5 Å². The highest BCUT2D eigenvalue weighted by molar-refractivity contribution is 5.85. The molecular weight excluding hydrogens is 577 g/mol. The van der Waals surface area contributed by atoms with Crippen LogP contribution in [0.15, 0.2) is 83.9 Å². The molecule has 3 heterocycles. The number of benzene rings is 3. The van der Waals surface area contributed by atoms with Crippen molar-refractivity contribution in [3.05, 3.63) is 113 Å². The van der Waals surface area contributed by atoms with Gasteiger partial charge in [0.05, 0.1) is 17.3 Å². The lowest BCUT2D eigenvalue weighted by molar-refractivity contribution is -0.137. The number of fused-ring (bicyclic) bond motifs is 1. The van der Waals surface area contributed by atoms with Gasteiger partial charge in [0.2, 0.25) is 0 Å². The van der Waals surface area contributed by atoms with Crippen LogP contribution in [-0.2, 0) is 6.18 Å².